The van der Waals surface area contributed by atoms with Gasteiger partial charge in [-0.15, -0.1) is 0 Å². The summed E-state index contributed by atoms with van der Waals surface area (Å²) in [5.74, 6) is -1.59. The molecule has 2 aromatic carbocycles. The summed E-state index contributed by atoms with van der Waals surface area (Å²) in [6, 6.07) is 10.3. The minimum atomic E-state index is -3.61. The van der Waals surface area contributed by atoms with Gasteiger partial charge in [-0.3, -0.25) is 14.9 Å². The van der Waals surface area contributed by atoms with Crippen LogP contribution in [0.1, 0.15) is 28.8 Å². The van der Waals surface area contributed by atoms with Crippen molar-refractivity contribution in [3.05, 3.63) is 63.7 Å². The Labute approximate surface area is 183 Å². The third-order valence-corrected chi connectivity index (χ3v) is 6.65. The predicted molar refractivity (Wildman–Crippen MR) is 111 cm³/mol. The first-order chi connectivity index (χ1) is 15.2. The summed E-state index contributed by atoms with van der Waals surface area (Å²) in [6.45, 7) is 0.252. The quantitative estimate of drug-likeness (QED) is 0.375. The van der Waals surface area contributed by atoms with Crippen LogP contribution >= 0.6 is 0 Å². The molecular weight excluding hydrogens is 440 g/mol. The first-order valence-corrected chi connectivity index (χ1v) is 10.9. The summed E-state index contributed by atoms with van der Waals surface area (Å²) < 4.78 is 31.3. The number of sulfonamides is 1. The van der Waals surface area contributed by atoms with Gasteiger partial charge in [0.25, 0.3) is 11.6 Å². The van der Waals surface area contributed by atoms with Crippen molar-refractivity contribution in [2.45, 2.75) is 17.7 Å². The number of esters is 1. The zero-order valence-electron chi connectivity index (χ0n) is 16.7. The van der Waals surface area contributed by atoms with Crippen molar-refractivity contribution in [1.29, 1.82) is 5.26 Å². The molecule has 12 heteroatoms. The third-order valence-electron chi connectivity index (χ3n) is 4.74. The highest BCUT2D eigenvalue weighted by molar-refractivity contribution is 7.89. The van der Waals surface area contributed by atoms with Gasteiger partial charge in [-0.25, -0.2) is 13.2 Å². The van der Waals surface area contributed by atoms with Crippen LogP contribution in [-0.2, 0) is 19.6 Å². The molecular formula is C20H18N4O7S. The van der Waals surface area contributed by atoms with E-state index in [-0.39, 0.29) is 27.4 Å². The normalized spacial score (nSPS) is 13.8. The number of anilines is 1. The molecule has 1 N–H and O–H groups in total. The van der Waals surface area contributed by atoms with Crippen LogP contribution in [0.2, 0.25) is 0 Å². The maximum Gasteiger partial charge on any atom is 0.338 e. The molecule has 1 aliphatic heterocycles. The van der Waals surface area contributed by atoms with E-state index in [0.717, 1.165) is 25.0 Å². The van der Waals surface area contributed by atoms with Crippen molar-refractivity contribution in [2.24, 2.45) is 0 Å². The SMILES string of the molecule is N#Cc1cc([N+](=O)[O-])ccc1NC(=O)COC(=O)c1ccc(S(=O)(=O)N2CCCC2)cc1. The highest BCUT2D eigenvalue weighted by Gasteiger charge is 2.27. The van der Waals surface area contributed by atoms with E-state index in [1.165, 1.54) is 34.6 Å². The van der Waals surface area contributed by atoms with Gasteiger partial charge in [0.05, 0.1) is 26.6 Å². The Kier molecular flexibility index (Phi) is 6.82. The van der Waals surface area contributed by atoms with E-state index in [2.05, 4.69) is 5.32 Å². The standard InChI is InChI=1S/C20H18N4O7S/c21-12-15-11-16(24(27)28)5-8-18(15)22-19(25)13-31-20(26)14-3-6-17(7-4-14)32(29,30)23-9-1-2-10-23/h3-8,11H,1-2,9-10,13H2,(H,22,25). The molecule has 0 saturated carbocycles. The number of benzene rings is 2. The average Bonchev–Trinajstić information content (AvgIpc) is 3.33. The van der Waals surface area contributed by atoms with E-state index in [4.69, 9.17) is 10.00 Å². The number of nitro benzene ring substituents is 1. The molecule has 1 fully saturated rings. The lowest BCUT2D eigenvalue weighted by Gasteiger charge is -2.15. The topological polar surface area (TPSA) is 160 Å². The molecule has 0 aromatic heterocycles. The molecule has 166 valence electrons. The largest absolute Gasteiger partial charge is 0.452 e. The third kappa shape index (κ3) is 5.08. The Bertz CT molecular complexity index is 1200. The maximum atomic E-state index is 12.5. The Hall–Kier alpha value is -3.82. The van der Waals surface area contributed by atoms with Crippen LogP contribution in [0.3, 0.4) is 0 Å². The highest BCUT2D eigenvalue weighted by Crippen LogP contribution is 2.22. The van der Waals surface area contributed by atoms with Gasteiger partial charge in [-0.2, -0.15) is 9.57 Å². The van der Waals surface area contributed by atoms with Gasteiger partial charge in [0.15, 0.2) is 6.61 Å². The van der Waals surface area contributed by atoms with E-state index in [1.807, 2.05) is 0 Å². The lowest BCUT2D eigenvalue weighted by Crippen LogP contribution is -2.27. The van der Waals surface area contributed by atoms with Crippen LogP contribution in [0.15, 0.2) is 47.4 Å². The fourth-order valence-electron chi connectivity index (χ4n) is 3.09. The molecule has 0 bridgehead atoms. The van der Waals surface area contributed by atoms with E-state index < -0.39 is 33.4 Å². The molecule has 0 radical (unpaired) electrons. The molecule has 0 aliphatic carbocycles. The Balaban J connectivity index is 1.59. The molecule has 0 unspecified atom stereocenters. The summed E-state index contributed by atoms with van der Waals surface area (Å²) in [6.07, 6.45) is 1.61. The van der Waals surface area contributed by atoms with Gasteiger partial charge in [-0.1, -0.05) is 0 Å². The average molecular weight is 458 g/mol. The minimum absolute atomic E-state index is 0.0376. The van der Waals surface area contributed by atoms with Gasteiger partial charge in [0, 0.05) is 25.2 Å². The minimum Gasteiger partial charge on any atom is -0.452 e. The van der Waals surface area contributed by atoms with Crippen molar-refractivity contribution in [3.8, 4) is 6.07 Å². The zero-order valence-corrected chi connectivity index (χ0v) is 17.5. The molecule has 0 atom stereocenters. The second kappa shape index (κ2) is 9.54. The lowest BCUT2D eigenvalue weighted by atomic mass is 10.1. The number of nitrogens with zero attached hydrogens (tertiary/aromatic N) is 3. The summed E-state index contributed by atoms with van der Waals surface area (Å²) in [7, 11) is -3.61. The number of ether oxygens (including phenoxy) is 1. The zero-order chi connectivity index (χ0) is 23.3. The van der Waals surface area contributed by atoms with Crippen molar-refractivity contribution >= 4 is 33.3 Å². The number of nitriles is 1. The van der Waals surface area contributed by atoms with Gasteiger partial charge >= 0.3 is 5.97 Å². The van der Waals surface area contributed by atoms with Crippen LogP contribution in [0.25, 0.3) is 0 Å². The van der Waals surface area contributed by atoms with Gasteiger partial charge in [0.1, 0.15) is 6.07 Å². The number of nitrogens with one attached hydrogen (secondary N) is 1. The Morgan fingerprint density at radius 2 is 1.81 bits per heavy atom. The second-order valence-corrected chi connectivity index (χ2v) is 8.80. The molecule has 0 spiro atoms. The molecule has 1 aliphatic rings. The summed E-state index contributed by atoms with van der Waals surface area (Å²) in [5, 5.41) is 22.2. The number of hydrogen-bond acceptors (Lipinski definition) is 8. The second-order valence-electron chi connectivity index (χ2n) is 6.86. The maximum absolute atomic E-state index is 12.5. The van der Waals surface area contributed by atoms with Gasteiger partial charge in [-0.05, 0) is 43.2 Å². The molecule has 1 saturated heterocycles. The molecule has 11 nitrogen and oxygen atoms in total. The predicted octanol–water partition coefficient (Wildman–Crippen LogP) is 2.05. The van der Waals surface area contributed by atoms with Crippen molar-refractivity contribution in [1.82, 2.24) is 4.31 Å². The fourth-order valence-corrected chi connectivity index (χ4v) is 4.61. The number of hydrogen-bond donors (Lipinski definition) is 1. The number of amides is 1. The monoisotopic (exact) mass is 458 g/mol. The van der Waals surface area contributed by atoms with Crippen molar-refractivity contribution in [2.75, 3.05) is 25.0 Å². The van der Waals surface area contributed by atoms with Crippen LogP contribution < -0.4 is 5.32 Å². The fraction of sp³-hybridized carbons (Fsp3) is 0.250. The van der Waals surface area contributed by atoms with Gasteiger partial charge in [0.2, 0.25) is 10.0 Å². The summed E-state index contributed by atoms with van der Waals surface area (Å²) in [5.41, 5.74) is -0.323. The summed E-state index contributed by atoms with van der Waals surface area (Å²) in [4.78, 5) is 34.4. The van der Waals surface area contributed by atoms with Crippen molar-refractivity contribution < 1.29 is 27.7 Å². The van der Waals surface area contributed by atoms with E-state index in [0.29, 0.717) is 13.1 Å². The number of carbonyl (C=O) groups excluding carboxylic acids is 2. The first-order valence-electron chi connectivity index (χ1n) is 9.48. The highest BCUT2D eigenvalue weighted by atomic mass is 32.2. The number of nitro groups is 1. The van der Waals surface area contributed by atoms with Crippen LogP contribution in [-0.4, -0.2) is 49.2 Å². The molecule has 32 heavy (non-hydrogen) atoms. The molecule has 2 aromatic rings. The lowest BCUT2D eigenvalue weighted by molar-refractivity contribution is -0.384. The van der Waals surface area contributed by atoms with Crippen molar-refractivity contribution in [3.63, 3.8) is 0 Å². The number of carbonyl (C=O) groups is 2. The van der Waals surface area contributed by atoms with E-state index in [9.17, 15) is 28.1 Å². The van der Waals surface area contributed by atoms with Crippen LogP contribution in [0, 0.1) is 21.4 Å². The number of rotatable bonds is 7. The first kappa shape index (κ1) is 22.9. The Morgan fingerprint density at radius 3 is 2.41 bits per heavy atom. The smallest absolute Gasteiger partial charge is 0.338 e. The van der Waals surface area contributed by atoms with E-state index in [1.54, 1.807) is 6.07 Å². The van der Waals surface area contributed by atoms with E-state index >= 15 is 0 Å². The van der Waals surface area contributed by atoms with Crippen LogP contribution in [0.4, 0.5) is 11.4 Å². The van der Waals surface area contributed by atoms with Crippen LogP contribution in [0.5, 0.6) is 0 Å². The summed E-state index contributed by atoms with van der Waals surface area (Å²) >= 11 is 0. The molecule has 1 amide bonds. The van der Waals surface area contributed by atoms with Gasteiger partial charge < -0.3 is 10.1 Å². The number of non-ortho nitro benzene ring substituents is 1. The molecule has 1 heterocycles. The Morgan fingerprint density at radius 1 is 1.16 bits per heavy atom. The molecule has 3 rings (SSSR count).